The van der Waals surface area contributed by atoms with Crippen LogP contribution < -0.4 is 20.7 Å². The standard InChI is InChI=1S/C20H26N4O5/c1-3-20(13-8-10-15(29-2)11-9-13)17(26)24(19(28)23-20)12-16(25)22-18(27)21-14-6-4-5-7-14/h8-11,14H,3-7,12H2,1-2H3,(H,23,28)(H2,21,22,25,27)/t20-/m0/s1. The van der Waals surface area contributed by atoms with E-state index in [1.54, 1.807) is 31.2 Å². The Morgan fingerprint density at radius 3 is 2.45 bits per heavy atom. The maximum absolute atomic E-state index is 13.1. The largest absolute Gasteiger partial charge is 0.497 e. The SMILES string of the molecule is CC[C@@]1(c2ccc(OC)cc2)NC(=O)N(CC(=O)NC(=O)NC2CCCC2)C1=O. The first-order chi connectivity index (χ1) is 13.9. The van der Waals surface area contributed by atoms with E-state index in [1.807, 2.05) is 0 Å². The average Bonchev–Trinajstić information content (AvgIpc) is 3.30. The first-order valence-electron chi connectivity index (χ1n) is 9.78. The highest BCUT2D eigenvalue weighted by Gasteiger charge is 2.51. The zero-order valence-electron chi connectivity index (χ0n) is 16.6. The summed E-state index contributed by atoms with van der Waals surface area (Å²) >= 11 is 0. The number of carbonyl (C=O) groups excluding carboxylic acids is 4. The van der Waals surface area contributed by atoms with Gasteiger partial charge >= 0.3 is 12.1 Å². The molecule has 156 valence electrons. The molecule has 1 atom stereocenters. The Morgan fingerprint density at radius 2 is 1.86 bits per heavy atom. The molecule has 1 aliphatic heterocycles. The molecule has 0 bridgehead atoms. The molecule has 1 aromatic carbocycles. The van der Waals surface area contributed by atoms with E-state index in [-0.39, 0.29) is 6.04 Å². The number of urea groups is 2. The molecule has 1 saturated heterocycles. The van der Waals surface area contributed by atoms with E-state index in [0.29, 0.717) is 17.7 Å². The van der Waals surface area contributed by atoms with Crippen molar-refractivity contribution in [3.8, 4) is 5.75 Å². The van der Waals surface area contributed by atoms with E-state index in [2.05, 4.69) is 16.0 Å². The second kappa shape index (κ2) is 8.50. The van der Waals surface area contributed by atoms with E-state index >= 15 is 0 Å². The summed E-state index contributed by atoms with van der Waals surface area (Å²) in [5, 5.41) is 7.63. The Balaban J connectivity index is 1.66. The van der Waals surface area contributed by atoms with Gasteiger partial charge in [0.15, 0.2) is 0 Å². The Bertz CT molecular complexity index is 804. The van der Waals surface area contributed by atoms with Crippen LogP contribution in [0.3, 0.4) is 0 Å². The molecule has 2 fully saturated rings. The average molecular weight is 402 g/mol. The number of carbonyl (C=O) groups is 4. The van der Waals surface area contributed by atoms with Gasteiger partial charge in [0.05, 0.1) is 7.11 Å². The highest BCUT2D eigenvalue weighted by molar-refractivity contribution is 6.10. The predicted octanol–water partition coefficient (Wildman–Crippen LogP) is 1.62. The Labute approximate surface area is 169 Å². The highest BCUT2D eigenvalue weighted by atomic mass is 16.5. The van der Waals surface area contributed by atoms with Crippen molar-refractivity contribution in [1.29, 1.82) is 0 Å². The third-order valence-electron chi connectivity index (χ3n) is 5.53. The zero-order valence-corrected chi connectivity index (χ0v) is 16.6. The van der Waals surface area contributed by atoms with Crippen LogP contribution in [0, 0.1) is 0 Å². The number of benzene rings is 1. The third kappa shape index (κ3) is 4.18. The summed E-state index contributed by atoms with van der Waals surface area (Å²) in [6.07, 6.45) is 4.17. The fourth-order valence-electron chi connectivity index (χ4n) is 3.89. The molecule has 1 aromatic rings. The van der Waals surface area contributed by atoms with E-state index in [0.717, 1.165) is 30.6 Å². The molecular formula is C20H26N4O5. The van der Waals surface area contributed by atoms with E-state index < -0.39 is 36.0 Å². The Kier molecular flexibility index (Phi) is 6.05. The first kappa shape index (κ1) is 20.6. The normalized spacial score (nSPS) is 21.8. The molecule has 9 nitrogen and oxygen atoms in total. The molecule has 6 amide bonds. The quantitative estimate of drug-likeness (QED) is 0.625. The lowest BCUT2D eigenvalue weighted by atomic mass is 9.87. The summed E-state index contributed by atoms with van der Waals surface area (Å²) in [5.74, 6) is -0.617. The van der Waals surface area contributed by atoms with Crippen molar-refractivity contribution in [2.75, 3.05) is 13.7 Å². The number of imide groups is 2. The summed E-state index contributed by atoms with van der Waals surface area (Å²) in [4.78, 5) is 50.5. The van der Waals surface area contributed by atoms with Gasteiger partial charge in [-0.2, -0.15) is 0 Å². The monoisotopic (exact) mass is 402 g/mol. The number of hydrogen-bond acceptors (Lipinski definition) is 5. The maximum atomic E-state index is 13.1. The van der Waals surface area contributed by atoms with E-state index in [9.17, 15) is 19.2 Å². The van der Waals surface area contributed by atoms with Crippen LogP contribution >= 0.6 is 0 Å². The molecule has 29 heavy (non-hydrogen) atoms. The lowest BCUT2D eigenvalue weighted by Gasteiger charge is -2.26. The number of hydrogen-bond donors (Lipinski definition) is 3. The second-order valence-corrected chi connectivity index (χ2v) is 7.31. The van der Waals surface area contributed by atoms with Crippen molar-refractivity contribution in [2.45, 2.75) is 50.6 Å². The van der Waals surface area contributed by atoms with Crippen LogP contribution in [0.2, 0.25) is 0 Å². The van der Waals surface area contributed by atoms with Crippen LogP contribution in [0.5, 0.6) is 5.75 Å². The van der Waals surface area contributed by atoms with Crippen LogP contribution in [-0.2, 0) is 15.1 Å². The van der Waals surface area contributed by atoms with Gasteiger partial charge in [-0.1, -0.05) is 31.9 Å². The fourth-order valence-corrected chi connectivity index (χ4v) is 3.89. The minimum Gasteiger partial charge on any atom is -0.497 e. The number of methoxy groups -OCH3 is 1. The number of nitrogens with one attached hydrogen (secondary N) is 3. The molecule has 1 aliphatic carbocycles. The van der Waals surface area contributed by atoms with Crippen molar-refractivity contribution in [3.63, 3.8) is 0 Å². The van der Waals surface area contributed by atoms with Gasteiger partial charge in [0, 0.05) is 6.04 Å². The van der Waals surface area contributed by atoms with Crippen molar-refractivity contribution >= 4 is 23.9 Å². The predicted molar refractivity (Wildman–Crippen MR) is 104 cm³/mol. The van der Waals surface area contributed by atoms with Gasteiger partial charge in [0.2, 0.25) is 5.91 Å². The molecule has 2 aliphatic rings. The van der Waals surface area contributed by atoms with Crippen LogP contribution in [0.15, 0.2) is 24.3 Å². The number of amides is 6. The lowest BCUT2D eigenvalue weighted by Crippen LogP contribution is -2.48. The molecule has 9 heteroatoms. The number of rotatable bonds is 6. The van der Waals surface area contributed by atoms with Crippen molar-refractivity contribution in [2.24, 2.45) is 0 Å². The highest BCUT2D eigenvalue weighted by Crippen LogP contribution is 2.33. The summed E-state index contributed by atoms with van der Waals surface area (Å²) in [5.41, 5.74) is -0.656. The summed E-state index contributed by atoms with van der Waals surface area (Å²) in [6, 6.07) is 5.61. The topological polar surface area (TPSA) is 117 Å². The van der Waals surface area contributed by atoms with Crippen molar-refractivity contribution in [1.82, 2.24) is 20.9 Å². The first-order valence-corrected chi connectivity index (χ1v) is 9.78. The molecule has 3 N–H and O–H groups in total. The van der Waals surface area contributed by atoms with Gasteiger partial charge < -0.3 is 15.4 Å². The van der Waals surface area contributed by atoms with Crippen molar-refractivity contribution in [3.05, 3.63) is 29.8 Å². The molecule has 0 spiro atoms. The third-order valence-corrected chi connectivity index (χ3v) is 5.53. The molecule has 1 heterocycles. The molecule has 0 unspecified atom stereocenters. The molecule has 3 rings (SSSR count). The molecule has 0 radical (unpaired) electrons. The van der Waals surface area contributed by atoms with Gasteiger partial charge in [0.25, 0.3) is 5.91 Å². The Hall–Kier alpha value is -3.10. The maximum Gasteiger partial charge on any atom is 0.325 e. The van der Waals surface area contributed by atoms with Crippen LogP contribution in [0.25, 0.3) is 0 Å². The smallest absolute Gasteiger partial charge is 0.325 e. The summed E-state index contributed by atoms with van der Waals surface area (Å²) < 4.78 is 5.13. The second-order valence-electron chi connectivity index (χ2n) is 7.31. The van der Waals surface area contributed by atoms with Gasteiger partial charge in [-0.25, -0.2) is 9.59 Å². The van der Waals surface area contributed by atoms with E-state index in [1.165, 1.54) is 7.11 Å². The van der Waals surface area contributed by atoms with Crippen molar-refractivity contribution < 1.29 is 23.9 Å². The minimum atomic E-state index is -1.25. The van der Waals surface area contributed by atoms with Gasteiger partial charge in [-0.05, 0) is 37.0 Å². The number of ether oxygens (including phenoxy) is 1. The zero-order chi connectivity index (χ0) is 21.0. The van der Waals surface area contributed by atoms with Gasteiger partial charge in [-0.3, -0.25) is 19.8 Å². The lowest BCUT2D eigenvalue weighted by molar-refractivity contribution is -0.135. The Morgan fingerprint density at radius 1 is 1.21 bits per heavy atom. The van der Waals surface area contributed by atoms with Gasteiger partial charge in [-0.15, -0.1) is 0 Å². The summed E-state index contributed by atoms with van der Waals surface area (Å²) in [7, 11) is 1.54. The van der Waals surface area contributed by atoms with Crippen LogP contribution in [-0.4, -0.2) is 48.5 Å². The molecule has 0 aromatic heterocycles. The summed E-state index contributed by atoms with van der Waals surface area (Å²) in [6.45, 7) is 1.25. The van der Waals surface area contributed by atoms with E-state index in [4.69, 9.17) is 4.74 Å². The van der Waals surface area contributed by atoms with Crippen LogP contribution in [0.1, 0.15) is 44.6 Å². The van der Waals surface area contributed by atoms with Gasteiger partial charge in [0.1, 0.15) is 17.8 Å². The minimum absolute atomic E-state index is 0.0577. The molecular weight excluding hydrogens is 376 g/mol. The number of nitrogens with zero attached hydrogens (tertiary/aromatic N) is 1. The molecule has 1 saturated carbocycles. The fraction of sp³-hybridized carbons (Fsp3) is 0.500. The van der Waals surface area contributed by atoms with Crippen LogP contribution in [0.4, 0.5) is 9.59 Å².